The zero-order chi connectivity index (χ0) is 17.1. The van der Waals surface area contributed by atoms with Gasteiger partial charge < -0.3 is 19.7 Å². The van der Waals surface area contributed by atoms with E-state index in [9.17, 15) is 4.79 Å². The number of rotatable bonds is 3. The molecule has 22 heavy (non-hydrogen) atoms. The zero-order valence-electron chi connectivity index (χ0n) is 13.1. The van der Waals surface area contributed by atoms with Crippen LogP contribution in [-0.4, -0.2) is 32.5 Å². The van der Waals surface area contributed by atoms with E-state index < -0.39 is 17.2 Å². The van der Waals surface area contributed by atoms with Gasteiger partial charge in [-0.3, -0.25) is 0 Å². The second-order valence-corrected chi connectivity index (χ2v) is 6.56. The van der Waals surface area contributed by atoms with Crippen LogP contribution in [0.3, 0.4) is 0 Å². The van der Waals surface area contributed by atoms with Crippen molar-refractivity contribution in [1.29, 1.82) is 0 Å². The van der Waals surface area contributed by atoms with Crippen molar-refractivity contribution < 1.29 is 24.5 Å². The highest BCUT2D eigenvalue weighted by molar-refractivity contribution is 9.08. The molecule has 0 fully saturated rings. The average Bonchev–Trinajstić information content (AvgIpc) is 2.80. The molecule has 0 atom stereocenters. The maximum Gasteiger partial charge on any atom is 0.371 e. The molecule has 3 N–H and O–H groups in total. The van der Waals surface area contributed by atoms with Gasteiger partial charge in [-0.2, -0.15) is 0 Å². The van der Waals surface area contributed by atoms with Gasteiger partial charge in [0.1, 0.15) is 5.58 Å². The van der Waals surface area contributed by atoms with E-state index in [0.717, 1.165) is 10.9 Å². The van der Waals surface area contributed by atoms with Crippen molar-refractivity contribution >= 4 is 32.9 Å². The molecule has 0 saturated heterocycles. The highest BCUT2D eigenvalue weighted by Gasteiger charge is 2.31. The Labute approximate surface area is 137 Å². The summed E-state index contributed by atoms with van der Waals surface area (Å²) in [6.07, 6.45) is 0. The molecule has 0 unspecified atom stereocenters. The molecular formula is C16H21BrO5. The van der Waals surface area contributed by atoms with Gasteiger partial charge in [0.15, 0.2) is 0 Å². The monoisotopic (exact) mass is 372 g/mol. The SMILES string of the molecule is CC(C)(O)C(C)(C)O.O=C(O)c1cc2c(CBr)cccc2o1. The summed E-state index contributed by atoms with van der Waals surface area (Å²) in [6.45, 7) is 6.31. The Bertz CT molecular complexity index is 635. The molecule has 2 rings (SSSR count). The fourth-order valence-electron chi connectivity index (χ4n) is 1.34. The number of fused-ring (bicyclic) bond motifs is 1. The lowest BCUT2D eigenvalue weighted by atomic mass is 9.90. The van der Waals surface area contributed by atoms with Crippen LogP contribution in [0.2, 0.25) is 0 Å². The summed E-state index contributed by atoms with van der Waals surface area (Å²) in [5.41, 5.74) is -0.377. The standard InChI is InChI=1S/C10H7BrO3.C6H14O2/c11-5-6-2-1-3-8-7(6)4-9(14-8)10(12)13;1-5(2,7)6(3,4)8/h1-4H,5H2,(H,12,13);7-8H,1-4H3. The molecule has 0 radical (unpaired) electrons. The van der Waals surface area contributed by atoms with E-state index in [4.69, 9.17) is 19.7 Å². The zero-order valence-corrected chi connectivity index (χ0v) is 14.6. The number of aliphatic hydroxyl groups is 2. The van der Waals surface area contributed by atoms with Crippen LogP contribution < -0.4 is 0 Å². The van der Waals surface area contributed by atoms with Gasteiger partial charge in [0.2, 0.25) is 5.76 Å². The Kier molecular flexibility index (Phi) is 5.78. The minimum absolute atomic E-state index is 0.0200. The second-order valence-electron chi connectivity index (χ2n) is 6.00. The maximum absolute atomic E-state index is 10.7. The molecule has 122 valence electrons. The first-order chi connectivity index (χ1) is 9.97. The average molecular weight is 373 g/mol. The first-order valence-corrected chi connectivity index (χ1v) is 7.85. The van der Waals surface area contributed by atoms with Gasteiger partial charge in [0.25, 0.3) is 0 Å². The molecule has 0 saturated carbocycles. The summed E-state index contributed by atoms with van der Waals surface area (Å²) in [7, 11) is 0. The third-order valence-corrected chi connectivity index (χ3v) is 4.11. The summed E-state index contributed by atoms with van der Waals surface area (Å²) in [5, 5.41) is 28.5. The van der Waals surface area contributed by atoms with Crippen LogP contribution in [0.1, 0.15) is 43.8 Å². The Hall–Kier alpha value is -1.37. The first kappa shape index (κ1) is 18.7. The number of aromatic carboxylic acids is 1. The first-order valence-electron chi connectivity index (χ1n) is 6.73. The highest BCUT2D eigenvalue weighted by atomic mass is 79.9. The summed E-state index contributed by atoms with van der Waals surface area (Å²) >= 11 is 3.34. The van der Waals surface area contributed by atoms with E-state index in [-0.39, 0.29) is 5.76 Å². The number of hydrogen-bond donors (Lipinski definition) is 3. The van der Waals surface area contributed by atoms with Crippen LogP contribution in [0.4, 0.5) is 0 Å². The van der Waals surface area contributed by atoms with Gasteiger partial charge in [-0.05, 0) is 45.4 Å². The lowest BCUT2D eigenvalue weighted by molar-refractivity contribution is -0.107. The number of alkyl halides is 1. The number of halogens is 1. The number of carboxylic acid groups (broad SMARTS) is 1. The molecule has 0 aliphatic heterocycles. The summed E-state index contributed by atoms with van der Waals surface area (Å²) < 4.78 is 5.15. The topological polar surface area (TPSA) is 90.9 Å². The molecule has 0 amide bonds. The second kappa shape index (κ2) is 6.81. The van der Waals surface area contributed by atoms with Crippen molar-refractivity contribution in [2.75, 3.05) is 0 Å². The van der Waals surface area contributed by atoms with Crippen LogP contribution in [0, 0.1) is 0 Å². The minimum atomic E-state index is -1.04. The predicted molar refractivity (Wildman–Crippen MR) is 88.4 cm³/mol. The van der Waals surface area contributed by atoms with Crippen LogP contribution in [-0.2, 0) is 5.33 Å². The van der Waals surface area contributed by atoms with Gasteiger partial charge in [-0.15, -0.1) is 0 Å². The molecule has 0 aliphatic carbocycles. The van der Waals surface area contributed by atoms with Gasteiger partial charge in [0, 0.05) is 10.7 Å². The van der Waals surface area contributed by atoms with E-state index in [0.29, 0.717) is 10.9 Å². The van der Waals surface area contributed by atoms with Crippen LogP contribution in [0.5, 0.6) is 0 Å². The number of carboxylic acids is 1. The lowest BCUT2D eigenvalue weighted by Gasteiger charge is -2.31. The fourth-order valence-corrected chi connectivity index (χ4v) is 1.83. The van der Waals surface area contributed by atoms with Gasteiger partial charge in [-0.1, -0.05) is 28.1 Å². The fraction of sp³-hybridized carbons (Fsp3) is 0.438. The van der Waals surface area contributed by atoms with Gasteiger partial charge >= 0.3 is 5.97 Å². The Balaban J connectivity index is 0.000000261. The lowest BCUT2D eigenvalue weighted by Crippen LogP contribution is -2.44. The van der Waals surface area contributed by atoms with Crippen molar-refractivity contribution in [3.8, 4) is 0 Å². The summed E-state index contributed by atoms with van der Waals surface area (Å²) in [4.78, 5) is 10.7. The van der Waals surface area contributed by atoms with Crippen LogP contribution in [0.25, 0.3) is 11.0 Å². The minimum Gasteiger partial charge on any atom is -0.475 e. The molecule has 0 bridgehead atoms. The third kappa shape index (κ3) is 4.56. The molecule has 1 aromatic carbocycles. The quantitative estimate of drug-likeness (QED) is 0.716. The van der Waals surface area contributed by atoms with Crippen LogP contribution in [0.15, 0.2) is 28.7 Å². The molecule has 2 aromatic rings. The van der Waals surface area contributed by atoms with E-state index >= 15 is 0 Å². The Morgan fingerprint density at radius 2 is 1.73 bits per heavy atom. The van der Waals surface area contributed by atoms with E-state index in [1.807, 2.05) is 12.1 Å². The molecule has 6 heteroatoms. The van der Waals surface area contributed by atoms with Crippen molar-refractivity contribution in [3.05, 3.63) is 35.6 Å². The van der Waals surface area contributed by atoms with Gasteiger partial charge in [0.05, 0.1) is 11.2 Å². The van der Waals surface area contributed by atoms with Crippen molar-refractivity contribution in [3.63, 3.8) is 0 Å². The molecular weight excluding hydrogens is 352 g/mol. The smallest absolute Gasteiger partial charge is 0.371 e. The highest BCUT2D eigenvalue weighted by Crippen LogP contribution is 2.24. The summed E-state index contributed by atoms with van der Waals surface area (Å²) in [6, 6.07) is 7.08. The third-order valence-electron chi connectivity index (χ3n) is 3.50. The number of furan rings is 1. The van der Waals surface area contributed by atoms with Crippen LogP contribution >= 0.6 is 15.9 Å². The van der Waals surface area contributed by atoms with E-state index in [1.165, 1.54) is 0 Å². The maximum atomic E-state index is 10.7. The van der Waals surface area contributed by atoms with Crippen molar-refractivity contribution in [2.45, 2.75) is 44.2 Å². The molecule has 0 aliphatic rings. The largest absolute Gasteiger partial charge is 0.475 e. The predicted octanol–water partition coefficient (Wildman–Crippen LogP) is 3.55. The van der Waals surface area contributed by atoms with Gasteiger partial charge in [-0.25, -0.2) is 4.79 Å². The number of benzene rings is 1. The molecule has 0 spiro atoms. The molecule has 1 heterocycles. The number of hydrogen-bond acceptors (Lipinski definition) is 4. The summed E-state index contributed by atoms with van der Waals surface area (Å²) in [5.74, 6) is -1.06. The van der Waals surface area contributed by atoms with Crippen molar-refractivity contribution in [1.82, 2.24) is 0 Å². The van der Waals surface area contributed by atoms with E-state index in [2.05, 4.69) is 15.9 Å². The normalized spacial score (nSPS) is 12.0. The Morgan fingerprint density at radius 1 is 1.18 bits per heavy atom. The van der Waals surface area contributed by atoms with E-state index in [1.54, 1.807) is 39.8 Å². The number of carbonyl (C=O) groups is 1. The van der Waals surface area contributed by atoms with Crippen molar-refractivity contribution in [2.24, 2.45) is 0 Å². The Morgan fingerprint density at radius 3 is 2.14 bits per heavy atom. The molecule has 1 aromatic heterocycles. The molecule has 5 nitrogen and oxygen atoms in total.